The predicted octanol–water partition coefficient (Wildman–Crippen LogP) is 0.591. The molecule has 122 valence electrons. The van der Waals surface area contributed by atoms with Crippen LogP contribution in [0.4, 0.5) is 4.39 Å². The van der Waals surface area contributed by atoms with Crippen LogP contribution in [0.15, 0.2) is 79.1 Å². The summed E-state index contributed by atoms with van der Waals surface area (Å²) < 4.78 is 14.7. The average molecular weight is 386 g/mol. The second kappa shape index (κ2) is 8.50. The van der Waals surface area contributed by atoms with Crippen molar-refractivity contribution >= 4 is 5.78 Å². The Morgan fingerprint density at radius 3 is 2.04 bits per heavy atom. The van der Waals surface area contributed by atoms with E-state index >= 15 is 0 Å². The largest absolute Gasteiger partial charge is 1.00 e. The minimum Gasteiger partial charge on any atom is -1.00 e. The van der Waals surface area contributed by atoms with E-state index in [-0.39, 0.29) is 35.1 Å². The molecule has 0 aliphatic heterocycles. The maximum atomic E-state index is 12.9. The average Bonchev–Trinajstić information content (AvgIpc) is 2.58. The summed E-state index contributed by atoms with van der Waals surface area (Å²) in [4.78, 5) is 12.2. The molecule has 4 heteroatoms. The van der Waals surface area contributed by atoms with Gasteiger partial charge in [0.15, 0.2) is 12.4 Å². The number of hydrogen-bond acceptors (Lipinski definition) is 1. The van der Waals surface area contributed by atoms with Crippen LogP contribution < -0.4 is 21.5 Å². The fraction of sp³-hybridized carbons (Fsp3) is 0.100. The van der Waals surface area contributed by atoms with Crippen molar-refractivity contribution in [1.82, 2.24) is 0 Å². The number of rotatable bonds is 5. The van der Waals surface area contributed by atoms with Gasteiger partial charge < -0.3 is 17.0 Å². The zero-order valence-electron chi connectivity index (χ0n) is 13.0. The van der Waals surface area contributed by atoms with Crippen LogP contribution in [0.1, 0.15) is 21.5 Å². The van der Waals surface area contributed by atoms with E-state index in [0.717, 1.165) is 6.42 Å². The molecule has 0 saturated heterocycles. The van der Waals surface area contributed by atoms with Crippen LogP contribution in [0.2, 0.25) is 0 Å². The number of Topliss-reactive ketones (excluding diaryl/α,β-unsaturated/α-hetero) is 1. The lowest BCUT2D eigenvalue weighted by molar-refractivity contribution is -0.683. The Morgan fingerprint density at radius 1 is 0.833 bits per heavy atom. The van der Waals surface area contributed by atoms with Gasteiger partial charge in [-0.25, -0.2) is 4.39 Å². The Labute approximate surface area is 151 Å². The molecule has 0 radical (unpaired) electrons. The number of pyridine rings is 1. The molecule has 0 unspecified atom stereocenters. The second-order valence-corrected chi connectivity index (χ2v) is 5.47. The smallest absolute Gasteiger partial charge is 0.227 e. The summed E-state index contributed by atoms with van der Waals surface area (Å²) in [6.45, 7) is 0.247. The lowest BCUT2D eigenvalue weighted by Crippen LogP contribution is -3.00. The fourth-order valence-corrected chi connectivity index (χ4v) is 2.44. The van der Waals surface area contributed by atoms with Gasteiger partial charge in [-0.1, -0.05) is 30.3 Å². The predicted molar refractivity (Wildman–Crippen MR) is 86.6 cm³/mol. The number of ketones is 1. The van der Waals surface area contributed by atoms with Crippen LogP contribution in [0.3, 0.4) is 0 Å². The lowest BCUT2D eigenvalue weighted by atomic mass is 10.1. The SMILES string of the molecule is O=C(C[n+]1ccc(Cc2ccccc2)cc1)c1ccc(F)cc1.[Br-]. The highest BCUT2D eigenvalue weighted by molar-refractivity contribution is 5.94. The Bertz CT molecular complexity index is 786. The quantitative estimate of drug-likeness (QED) is 0.465. The molecule has 0 fully saturated rings. The van der Waals surface area contributed by atoms with Crippen LogP contribution in [0.5, 0.6) is 0 Å². The van der Waals surface area contributed by atoms with Gasteiger partial charge in [0.1, 0.15) is 5.82 Å². The highest BCUT2D eigenvalue weighted by atomic mass is 79.9. The first kappa shape index (κ1) is 18.0. The Kier molecular flexibility index (Phi) is 6.38. The van der Waals surface area contributed by atoms with Crippen LogP contribution in [0.25, 0.3) is 0 Å². The zero-order valence-corrected chi connectivity index (χ0v) is 14.6. The highest BCUT2D eigenvalue weighted by Crippen LogP contribution is 2.08. The van der Waals surface area contributed by atoms with Crippen molar-refractivity contribution < 1.29 is 30.7 Å². The van der Waals surface area contributed by atoms with E-state index in [9.17, 15) is 9.18 Å². The maximum absolute atomic E-state index is 12.9. The molecule has 2 aromatic carbocycles. The molecule has 24 heavy (non-hydrogen) atoms. The van der Waals surface area contributed by atoms with Gasteiger partial charge in [0.2, 0.25) is 12.3 Å². The molecule has 0 spiro atoms. The molecule has 1 heterocycles. The molecule has 0 aliphatic carbocycles. The van der Waals surface area contributed by atoms with E-state index in [2.05, 4.69) is 12.1 Å². The topological polar surface area (TPSA) is 20.9 Å². The maximum Gasteiger partial charge on any atom is 0.227 e. The molecule has 1 aromatic heterocycles. The summed E-state index contributed by atoms with van der Waals surface area (Å²) in [6.07, 6.45) is 4.67. The minimum atomic E-state index is -0.334. The van der Waals surface area contributed by atoms with Crippen LogP contribution >= 0.6 is 0 Å². The first-order chi connectivity index (χ1) is 11.2. The number of nitrogens with zero attached hydrogens (tertiary/aromatic N) is 1. The van der Waals surface area contributed by atoms with Gasteiger partial charge in [-0.05, 0) is 41.8 Å². The Hall–Kier alpha value is -2.33. The Morgan fingerprint density at radius 2 is 1.42 bits per heavy atom. The molecule has 3 rings (SSSR count). The van der Waals surface area contributed by atoms with Crippen molar-refractivity contribution in [2.45, 2.75) is 13.0 Å². The number of aromatic nitrogens is 1. The van der Waals surface area contributed by atoms with Gasteiger partial charge in [-0.2, -0.15) is 4.57 Å². The van der Waals surface area contributed by atoms with Gasteiger partial charge in [-0.15, -0.1) is 0 Å². The van der Waals surface area contributed by atoms with E-state index in [1.807, 2.05) is 47.3 Å². The van der Waals surface area contributed by atoms with Crippen LogP contribution in [0, 0.1) is 5.82 Å². The number of hydrogen-bond donors (Lipinski definition) is 0. The summed E-state index contributed by atoms with van der Waals surface area (Å²) in [5.74, 6) is -0.370. The molecule has 0 atom stereocenters. The highest BCUT2D eigenvalue weighted by Gasteiger charge is 2.12. The Balaban J connectivity index is 0.00000208. The molecule has 0 N–H and O–H groups in total. The molecule has 0 aliphatic rings. The van der Waals surface area contributed by atoms with E-state index in [1.54, 1.807) is 0 Å². The summed E-state index contributed by atoms with van der Waals surface area (Å²) >= 11 is 0. The van der Waals surface area contributed by atoms with Gasteiger partial charge in [-0.3, -0.25) is 4.79 Å². The zero-order chi connectivity index (χ0) is 16.1. The van der Waals surface area contributed by atoms with E-state index in [4.69, 9.17) is 0 Å². The minimum absolute atomic E-state index is 0. The molecule has 0 saturated carbocycles. The monoisotopic (exact) mass is 385 g/mol. The van der Waals surface area contributed by atoms with E-state index < -0.39 is 0 Å². The van der Waals surface area contributed by atoms with Crippen molar-refractivity contribution in [2.24, 2.45) is 0 Å². The van der Waals surface area contributed by atoms with Gasteiger partial charge in [0.25, 0.3) is 0 Å². The van der Waals surface area contributed by atoms with Crippen molar-refractivity contribution in [3.05, 3.63) is 102 Å². The molecule has 3 aromatic rings. The van der Waals surface area contributed by atoms with Crippen molar-refractivity contribution in [3.8, 4) is 0 Å². The van der Waals surface area contributed by atoms with Gasteiger partial charge >= 0.3 is 0 Å². The molecule has 0 amide bonds. The van der Waals surface area contributed by atoms with E-state index in [0.29, 0.717) is 5.56 Å². The first-order valence-corrected chi connectivity index (χ1v) is 7.51. The van der Waals surface area contributed by atoms with Gasteiger partial charge in [0, 0.05) is 17.7 Å². The molecule has 0 bridgehead atoms. The third-order valence-corrected chi connectivity index (χ3v) is 3.70. The summed E-state index contributed by atoms with van der Waals surface area (Å²) in [6, 6.07) is 19.9. The van der Waals surface area contributed by atoms with Crippen molar-refractivity contribution in [1.29, 1.82) is 0 Å². The third kappa shape index (κ3) is 4.83. The van der Waals surface area contributed by atoms with Crippen molar-refractivity contribution in [3.63, 3.8) is 0 Å². The van der Waals surface area contributed by atoms with Crippen LogP contribution in [-0.4, -0.2) is 5.78 Å². The lowest BCUT2D eigenvalue weighted by Gasteiger charge is -2.02. The molecule has 2 nitrogen and oxygen atoms in total. The molecular formula is C20H17BrFNO. The third-order valence-electron chi connectivity index (χ3n) is 3.70. The van der Waals surface area contributed by atoms with Crippen molar-refractivity contribution in [2.75, 3.05) is 0 Å². The van der Waals surface area contributed by atoms with E-state index in [1.165, 1.54) is 35.4 Å². The number of carbonyl (C=O) groups is 1. The first-order valence-electron chi connectivity index (χ1n) is 7.51. The number of halogens is 2. The summed E-state index contributed by atoms with van der Waals surface area (Å²) in [5, 5.41) is 0. The molecular weight excluding hydrogens is 369 g/mol. The van der Waals surface area contributed by atoms with Gasteiger partial charge in [0.05, 0.1) is 0 Å². The normalized spacial score (nSPS) is 10.0. The second-order valence-electron chi connectivity index (χ2n) is 5.47. The number of carbonyl (C=O) groups excluding carboxylic acids is 1. The fourth-order valence-electron chi connectivity index (χ4n) is 2.44. The standard InChI is InChI=1S/C20H17FNO.BrH/c21-19-8-6-18(7-9-19)20(23)15-22-12-10-17(11-13-22)14-16-4-2-1-3-5-16;/h1-13H,14-15H2;1H/q+1;/p-1. The van der Waals surface area contributed by atoms with Crippen LogP contribution in [-0.2, 0) is 13.0 Å². The number of benzene rings is 2. The summed E-state index contributed by atoms with van der Waals surface area (Å²) in [7, 11) is 0. The summed E-state index contributed by atoms with van der Waals surface area (Å²) in [5.41, 5.74) is 2.97.